The summed E-state index contributed by atoms with van der Waals surface area (Å²) in [7, 11) is 3.38. The molecule has 9 heteroatoms. The number of hydrogen-bond donors (Lipinski definition) is 1. The van der Waals surface area contributed by atoms with Crippen molar-refractivity contribution in [3.8, 4) is 6.07 Å². The first-order chi connectivity index (χ1) is 17.3. The first-order valence-corrected chi connectivity index (χ1v) is 12.6. The summed E-state index contributed by atoms with van der Waals surface area (Å²) in [4.78, 5) is 29.7. The molecule has 1 aromatic carbocycles. The standard InChI is InChI=1S/C27H35N7O2/c1-6-21-16-34(23-14-25(35)31(5)24-17-32(13-12-28)30-26(23)24)22(7-2)15-33(21)18(3)19-8-10-20(11-9-19)27(36)29-4/h8-11,14,17-18,21-22H,6-7,13,15-16H2,1-5H3,(H,29,36)/t18?,21-,22+/m1/s1. The zero-order valence-corrected chi connectivity index (χ0v) is 21.7. The Kier molecular flexibility index (Phi) is 7.45. The first kappa shape index (κ1) is 25.5. The summed E-state index contributed by atoms with van der Waals surface area (Å²) in [5, 5.41) is 16.5. The number of nitrogens with zero attached hydrogens (tertiary/aromatic N) is 6. The summed E-state index contributed by atoms with van der Waals surface area (Å²) in [5.41, 5.74) is 4.09. The molecule has 3 aromatic rings. The summed E-state index contributed by atoms with van der Waals surface area (Å²) in [6.07, 6.45) is 3.66. The summed E-state index contributed by atoms with van der Waals surface area (Å²) < 4.78 is 3.20. The Morgan fingerprint density at radius 3 is 2.50 bits per heavy atom. The van der Waals surface area contributed by atoms with Crippen molar-refractivity contribution in [2.75, 3.05) is 25.0 Å². The highest BCUT2D eigenvalue weighted by atomic mass is 16.1. The molecule has 9 nitrogen and oxygen atoms in total. The molecule has 0 saturated carbocycles. The van der Waals surface area contributed by atoms with Crippen molar-refractivity contribution in [1.29, 1.82) is 5.26 Å². The lowest BCUT2D eigenvalue weighted by Gasteiger charge is -2.49. The molecule has 1 unspecified atom stereocenters. The molecular weight excluding hydrogens is 454 g/mol. The fourth-order valence-electron chi connectivity index (χ4n) is 5.32. The molecule has 1 aliphatic heterocycles. The van der Waals surface area contributed by atoms with Gasteiger partial charge in [0.1, 0.15) is 12.1 Å². The molecule has 3 atom stereocenters. The number of carbonyl (C=O) groups is 1. The monoisotopic (exact) mass is 489 g/mol. The molecule has 0 bridgehead atoms. The quantitative estimate of drug-likeness (QED) is 0.548. The predicted octanol–water partition coefficient (Wildman–Crippen LogP) is 3.06. The Balaban J connectivity index is 1.67. The Labute approximate surface area is 211 Å². The Morgan fingerprint density at radius 1 is 1.19 bits per heavy atom. The van der Waals surface area contributed by atoms with E-state index in [-0.39, 0.29) is 36.1 Å². The van der Waals surface area contributed by atoms with Crippen molar-refractivity contribution in [2.24, 2.45) is 7.05 Å². The number of piperazine rings is 1. The maximum Gasteiger partial charge on any atom is 0.252 e. The molecule has 3 heterocycles. The minimum Gasteiger partial charge on any atom is -0.364 e. The number of rotatable bonds is 7. The van der Waals surface area contributed by atoms with E-state index < -0.39 is 0 Å². The third-order valence-corrected chi connectivity index (χ3v) is 7.54. The van der Waals surface area contributed by atoms with Crippen LogP contribution in [-0.2, 0) is 13.6 Å². The minimum atomic E-state index is -0.0853. The number of hydrogen-bond acceptors (Lipinski definition) is 6. The number of aromatic nitrogens is 3. The fourth-order valence-corrected chi connectivity index (χ4v) is 5.32. The number of pyridine rings is 1. The molecule has 1 amide bonds. The van der Waals surface area contributed by atoms with E-state index >= 15 is 0 Å². The van der Waals surface area contributed by atoms with Crippen molar-refractivity contribution in [2.45, 2.75) is 58.3 Å². The van der Waals surface area contributed by atoms with Crippen molar-refractivity contribution < 1.29 is 4.79 Å². The van der Waals surface area contributed by atoms with Gasteiger partial charge in [-0.1, -0.05) is 26.0 Å². The second-order valence-corrected chi connectivity index (χ2v) is 9.50. The third-order valence-electron chi connectivity index (χ3n) is 7.54. The van der Waals surface area contributed by atoms with Crippen molar-refractivity contribution in [1.82, 2.24) is 24.6 Å². The van der Waals surface area contributed by atoms with Gasteiger partial charge >= 0.3 is 0 Å². The van der Waals surface area contributed by atoms with Crippen LogP contribution in [0, 0.1) is 11.3 Å². The van der Waals surface area contributed by atoms with Crippen molar-refractivity contribution in [3.63, 3.8) is 0 Å². The lowest BCUT2D eigenvalue weighted by atomic mass is 9.96. The van der Waals surface area contributed by atoms with Gasteiger partial charge < -0.3 is 14.8 Å². The van der Waals surface area contributed by atoms with E-state index in [1.807, 2.05) is 24.3 Å². The van der Waals surface area contributed by atoms with E-state index in [1.54, 1.807) is 35.6 Å². The number of aryl methyl sites for hydroxylation is 1. The normalized spacial score (nSPS) is 19.3. The van der Waals surface area contributed by atoms with Gasteiger partial charge in [-0.2, -0.15) is 10.4 Å². The van der Waals surface area contributed by atoms with E-state index in [0.29, 0.717) is 5.56 Å². The number of nitrogens with one attached hydrogen (secondary N) is 1. The van der Waals surface area contributed by atoms with Crippen LogP contribution in [0.15, 0.2) is 41.3 Å². The van der Waals surface area contributed by atoms with Gasteiger partial charge in [-0.25, -0.2) is 0 Å². The van der Waals surface area contributed by atoms with Gasteiger partial charge in [0.25, 0.3) is 11.5 Å². The average molecular weight is 490 g/mol. The second kappa shape index (κ2) is 10.5. The van der Waals surface area contributed by atoms with E-state index in [9.17, 15) is 9.59 Å². The average Bonchev–Trinajstić information content (AvgIpc) is 3.33. The van der Waals surface area contributed by atoms with Crippen LogP contribution in [0.3, 0.4) is 0 Å². The number of nitriles is 1. The molecule has 4 rings (SSSR count). The molecule has 2 aromatic heterocycles. The van der Waals surface area contributed by atoms with E-state index in [4.69, 9.17) is 5.26 Å². The van der Waals surface area contributed by atoms with Crippen LogP contribution < -0.4 is 15.8 Å². The summed E-state index contributed by atoms with van der Waals surface area (Å²) >= 11 is 0. The molecule has 0 radical (unpaired) electrons. The molecule has 1 saturated heterocycles. The van der Waals surface area contributed by atoms with Gasteiger partial charge in [0.2, 0.25) is 0 Å². The highest BCUT2D eigenvalue weighted by Gasteiger charge is 2.36. The van der Waals surface area contributed by atoms with Crippen LogP contribution >= 0.6 is 0 Å². The maximum atomic E-state index is 12.9. The van der Waals surface area contributed by atoms with Gasteiger partial charge in [-0.3, -0.25) is 19.2 Å². The Morgan fingerprint density at radius 2 is 1.89 bits per heavy atom. The van der Waals surface area contributed by atoms with Gasteiger partial charge in [0.15, 0.2) is 0 Å². The van der Waals surface area contributed by atoms with Crippen molar-refractivity contribution >= 4 is 22.6 Å². The van der Waals surface area contributed by atoms with Crippen LogP contribution in [0.25, 0.3) is 11.0 Å². The van der Waals surface area contributed by atoms with E-state index in [0.717, 1.165) is 42.7 Å². The number of fused-ring (bicyclic) bond motifs is 1. The zero-order valence-electron chi connectivity index (χ0n) is 21.7. The number of amides is 1. The summed E-state index contributed by atoms with van der Waals surface area (Å²) in [6.45, 7) is 8.37. The fraction of sp³-hybridized carbons (Fsp3) is 0.481. The van der Waals surface area contributed by atoms with Crippen LogP contribution in [0.2, 0.25) is 0 Å². The first-order valence-electron chi connectivity index (χ1n) is 12.6. The molecule has 190 valence electrons. The van der Waals surface area contributed by atoms with E-state index in [2.05, 4.69) is 47.1 Å². The molecule has 1 aliphatic rings. The smallest absolute Gasteiger partial charge is 0.252 e. The molecule has 1 fully saturated rings. The van der Waals surface area contributed by atoms with Crippen molar-refractivity contribution in [3.05, 3.63) is 58.0 Å². The lowest BCUT2D eigenvalue weighted by molar-refractivity contribution is 0.0961. The van der Waals surface area contributed by atoms with Crippen LogP contribution in [0.4, 0.5) is 5.69 Å². The Hall–Kier alpha value is -3.64. The minimum absolute atomic E-state index is 0.0797. The molecular formula is C27H35N7O2. The number of carbonyl (C=O) groups excluding carboxylic acids is 1. The maximum absolute atomic E-state index is 12.9. The third kappa shape index (κ3) is 4.61. The molecule has 0 spiro atoms. The van der Waals surface area contributed by atoms with Gasteiger partial charge in [0.05, 0.1) is 23.5 Å². The van der Waals surface area contributed by atoms with E-state index in [1.165, 1.54) is 5.56 Å². The lowest BCUT2D eigenvalue weighted by Crippen LogP contribution is -2.58. The number of anilines is 1. The summed E-state index contributed by atoms with van der Waals surface area (Å²) in [6, 6.07) is 12.3. The zero-order chi connectivity index (χ0) is 26.0. The van der Waals surface area contributed by atoms with Gasteiger partial charge in [-0.05, 0) is 37.5 Å². The largest absolute Gasteiger partial charge is 0.364 e. The topological polar surface area (TPSA) is 99.2 Å². The van der Waals surface area contributed by atoms with Crippen LogP contribution in [-0.4, -0.2) is 57.4 Å². The van der Waals surface area contributed by atoms with Crippen LogP contribution in [0.1, 0.15) is 55.6 Å². The Bertz CT molecular complexity index is 1340. The van der Waals surface area contributed by atoms with Gasteiger partial charge in [-0.15, -0.1) is 0 Å². The highest BCUT2D eigenvalue weighted by Crippen LogP contribution is 2.34. The second-order valence-electron chi connectivity index (χ2n) is 9.50. The molecule has 1 N–H and O–H groups in total. The highest BCUT2D eigenvalue weighted by molar-refractivity contribution is 5.94. The van der Waals surface area contributed by atoms with Crippen LogP contribution in [0.5, 0.6) is 0 Å². The SMILES string of the molecule is CC[C@H]1CN(C(C)c2ccc(C(=O)NC)cc2)[C@H](CC)CN1c1cc(=O)n(C)c2cn(CC#N)nc12. The number of benzene rings is 1. The predicted molar refractivity (Wildman–Crippen MR) is 141 cm³/mol. The van der Waals surface area contributed by atoms with Gasteiger partial charge in [0, 0.05) is 56.9 Å². The molecule has 0 aliphatic carbocycles. The molecule has 36 heavy (non-hydrogen) atoms. The summed E-state index contributed by atoms with van der Waals surface area (Å²) in [5.74, 6) is -0.0853.